The molecule has 0 saturated heterocycles. The molecule has 2 N–H and O–H groups in total. The van der Waals surface area contributed by atoms with Gasteiger partial charge in [-0.25, -0.2) is 21.9 Å². The fourth-order valence-corrected chi connectivity index (χ4v) is 4.96. The molecule has 1 saturated carbocycles. The maximum atomic E-state index is 14.3. The molecule has 0 heterocycles. The number of hydrogen-bond acceptors (Lipinski definition) is 3. The summed E-state index contributed by atoms with van der Waals surface area (Å²) in [6.45, 7) is 3.56. The number of anilines is 1. The summed E-state index contributed by atoms with van der Waals surface area (Å²) in [4.78, 5) is 11.9. The van der Waals surface area contributed by atoms with Crippen molar-refractivity contribution in [2.24, 2.45) is 5.92 Å². The molecule has 8 heteroatoms. The van der Waals surface area contributed by atoms with E-state index in [0.29, 0.717) is 12.0 Å². The van der Waals surface area contributed by atoms with Gasteiger partial charge in [0.1, 0.15) is 16.5 Å². The van der Waals surface area contributed by atoms with Gasteiger partial charge in [0.05, 0.1) is 0 Å². The van der Waals surface area contributed by atoms with E-state index in [0.717, 1.165) is 31.4 Å². The normalized spacial score (nSPS) is 19.7. The predicted molar refractivity (Wildman–Crippen MR) is 107 cm³/mol. The predicted octanol–water partition coefficient (Wildman–Crippen LogP) is 4.38. The number of amides is 1. The van der Waals surface area contributed by atoms with E-state index in [1.807, 2.05) is 6.92 Å². The zero-order chi connectivity index (χ0) is 21.2. The molecule has 0 spiro atoms. The van der Waals surface area contributed by atoms with E-state index in [-0.39, 0.29) is 23.2 Å². The average Bonchev–Trinajstić information content (AvgIpc) is 2.66. The average molecular weight is 422 g/mol. The number of nitrogens with one attached hydrogen (secondary N) is 2. The molecule has 3 rings (SSSR count). The van der Waals surface area contributed by atoms with E-state index >= 15 is 0 Å². The molecule has 2 atom stereocenters. The Kier molecular flexibility index (Phi) is 6.33. The van der Waals surface area contributed by atoms with Crippen molar-refractivity contribution in [1.82, 2.24) is 4.72 Å². The monoisotopic (exact) mass is 422 g/mol. The largest absolute Gasteiger partial charge is 0.322 e. The SMILES string of the molecule is Cc1ccc(NC(=O)c2ccc(F)c(S(=O)(=O)N[C@@H]3CCCC[C@@H]3C)c2)cc1F. The van der Waals surface area contributed by atoms with Gasteiger partial charge < -0.3 is 5.32 Å². The second kappa shape index (κ2) is 8.59. The Hall–Kier alpha value is -2.32. The van der Waals surface area contributed by atoms with E-state index in [4.69, 9.17) is 0 Å². The van der Waals surface area contributed by atoms with Crippen molar-refractivity contribution in [2.75, 3.05) is 5.32 Å². The van der Waals surface area contributed by atoms with Crippen molar-refractivity contribution in [3.8, 4) is 0 Å². The first-order chi connectivity index (χ1) is 13.7. The Morgan fingerprint density at radius 3 is 2.45 bits per heavy atom. The second-order valence-electron chi connectivity index (χ2n) is 7.55. The molecular formula is C21H24F2N2O3S. The van der Waals surface area contributed by atoms with Crippen LogP contribution in [0, 0.1) is 24.5 Å². The summed E-state index contributed by atoms with van der Waals surface area (Å²) in [7, 11) is -4.13. The Morgan fingerprint density at radius 2 is 1.76 bits per heavy atom. The summed E-state index contributed by atoms with van der Waals surface area (Å²) in [5.41, 5.74) is 0.617. The van der Waals surface area contributed by atoms with Crippen LogP contribution in [0.4, 0.5) is 14.5 Å². The summed E-state index contributed by atoms with van der Waals surface area (Å²) >= 11 is 0. The fourth-order valence-electron chi connectivity index (χ4n) is 3.48. The summed E-state index contributed by atoms with van der Waals surface area (Å²) in [5.74, 6) is -1.91. The number of hydrogen-bond donors (Lipinski definition) is 2. The second-order valence-corrected chi connectivity index (χ2v) is 9.24. The Bertz CT molecular complexity index is 1020. The van der Waals surface area contributed by atoms with Crippen molar-refractivity contribution in [2.45, 2.75) is 50.5 Å². The maximum absolute atomic E-state index is 14.3. The van der Waals surface area contributed by atoms with Crippen LogP contribution in [0.1, 0.15) is 48.5 Å². The molecule has 0 radical (unpaired) electrons. The van der Waals surface area contributed by atoms with E-state index in [2.05, 4.69) is 10.0 Å². The summed E-state index contributed by atoms with van der Waals surface area (Å²) in [6.07, 6.45) is 3.56. The topological polar surface area (TPSA) is 75.3 Å². The number of rotatable bonds is 5. The Morgan fingerprint density at radius 1 is 1.03 bits per heavy atom. The van der Waals surface area contributed by atoms with Gasteiger partial charge in [-0.2, -0.15) is 0 Å². The molecule has 0 aliphatic heterocycles. The lowest BCUT2D eigenvalue weighted by Crippen LogP contribution is -2.41. The van der Waals surface area contributed by atoms with Crippen LogP contribution in [0.25, 0.3) is 0 Å². The molecular weight excluding hydrogens is 398 g/mol. The van der Waals surface area contributed by atoms with Gasteiger partial charge in [0, 0.05) is 17.3 Å². The first-order valence-electron chi connectivity index (χ1n) is 9.57. The first kappa shape index (κ1) is 21.4. The maximum Gasteiger partial charge on any atom is 0.255 e. The van der Waals surface area contributed by atoms with Crippen LogP contribution in [0.5, 0.6) is 0 Å². The molecule has 1 aliphatic carbocycles. The van der Waals surface area contributed by atoms with Gasteiger partial charge in [0.25, 0.3) is 5.91 Å². The highest BCUT2D eigenvalue weighted by Crippen LogP contribution is 2.26. The molecule has 1 fully saturated rings. The van der Waals surface area contributed by atoms with Gasteiger partial charge in [0.2, 0.25) is 10.0 Å². The van der Waals surface area contributed by atoms with Gasteiger partial charge in [0.15, 0.2) is 0 Å². The van der Waals surface area contributed by atoms with Crippen molar-refractivity contribution in [3.05, 3.63) is 59.2 Å². The van der Waals surface area contributed by atoms with Gasteiger partial charge in [-0.05, 0) is 61.6 Å². The van der Waals surface area contributed by atoms with Crippen LogP contribution < -0.4 is 10.0 Å². The molecule has 0 bridgehead atoms. The van der Waals surface area contributed by atoms with E-state index in [1.54, 1.807) is 6.92 Å². The number of benzene rings is 2. The summed E-state index contributed by atoms with van der Waals surface area (Å²) < 4.78 is 56.1. The van der Waals surface area contributed by atoms with Crippen LogP contribution >= 0.6 is 0 Å². The van der Waals surface area contributed by atoms with E-state index in [9.17, 15) is 22.0 Å². The highest BCUT2D eigenvalue weighted by Gasteiger charge is 2.29. The minimum absolute atomic E-state index is 0.0375. The highest BCUT2D eigenvalue weighted by molar-refractivity contribution is 7.89. The van der Waals surface area contributed by atoms with Gasteiger partial charge in [-0.3, -0.25) is 4.79 Å². The zero-order valence-corrected chi connectivity index (χ0v) is 17.2. The number of carbonyl (C=O) groups excluding carboxylic acids is 1. The lowest BCUT2D eigenvalue weighted by Gasteiger charge is -2.29. The van der Waals surface area contributed by atoms with Crippen molar-refractivity contribution < 1.29 is 22.0 Å². The highest BCUT2D eigenvalue weighted by atomic mass is 32.2. The molecule has 29 heavy (non-hydrogen) atoms. The van der Waals surface area contributed by atoms with Crippen LogP contribution in [0.3, 0.4) is 0 Å². The smallest absolute Gasteiger partial charge is 0.255 e. The molecule has 5 nitrogen and oxygen atoms in total. The van der Waals surface area contributed by atoms with Crippen LogP contribution in [-0.2, 0) is 10.0 Å². The van der Waals surface area contributed by atoms with Crippen molar-refractivity contribution in [1.29, 1.82) is 0 Å². The van der Waals surface area contributed by atoms with E-state index in [1.165, 1.54) is 24.3 Å². The van der Waals surface area contributed by atoms with Crippen molar-refractivity contribution >= 4 is 21.6 Å². The third-order valence-electron chi connectivity index (χ3n) is 5.33. The lowest BCUT2D eigenvalue weighted by molar-refractivity contribution is 0.102. The molecule has 1 aliphatic rings. The molecule has 156 valence electrons. The molecule has 0 aromatic heterocycles. The first-order valence-corrected chi connectivity index (χ1v) is 11.0. The summed E-state index contributed by atoms with van der Waals surface area (Å²) in [6, 6.07) is 7.10. The Balaban J connectivity index is 1.83. The van der Waals surface area contributed by atoms with Gasteiger partial charge in [-0.15, -0.1) is 0 Å². The number of halogens is 2. The third kappa shape index (κ3) is 5.00. The van der Waals surface area contributed by atoms with Gasteiger partial charge >= 0.3 is 0 Å². The zero-order valence-electron chi connectivity index (χ0n) is 16.3. The molecule has 0 unspecified atom stereocenters. The van der Waals surface area contributed by atoms with Gasteiger partial charge in [-0.1, -0.05) is 25.8 Å². The quantitative estimate of drug-likeness (QED) is 0.751. The minimum atomic E-state index is -4.13. The number of carbonyl (C=O) groups is 1. The number of sulfonamides is 1. The number of aryl methyl sites for hydroxylation is 1. The third-order valence-corrected chi connectivity index (χ3v) is 6.84. The Labute approximate surface area is 169 Å². The fraction of sp³-hybridized carbons (Fsp3) is 0.381. The standard InChI is InChI=1S/C21H24F2N2O3S/c1-13-7-9-16(12-18(13)23)24-21(26)15-8-10-17(22)20(11-15)29(27,28)25-19-6-4-3-5-14(19)2/h7-12,14,19,25H,3-6H2,1-2H3,(H,24,26)/t14-,19+/m0/s1. The molecule has 2 aromatic rings. The van der Waals surface area contributed by atoms with Crippen LogP contribution in [-0.4, -0.2) is 20.4 Å². The molecule has 2 aromatic carbocycles. The lowest BCUT2D eigenvalue weighted by atomic mass is 9.87. The van der Waals surface area contributed by atoms with Crippen LogP contribution in [0.15, 0.2) is 41.3 Å². The molecule has 1 amide bonds. The summed E-state index contributed by atoms with van der Waals surface area (Å²) in [5, 5.41) is 2.50. The minimum Gasteiger partial charge on any atom is -0.322 e. The van der Waals surface area contributed by atoms with Crippen molar-refractivity contribution in [3.63, 3.8) is 0 Å². The van der Waals surface area contributed by atoms with E-state index < -0.39 is 32.5 Å². The van der Waals surface area contributed by atoms with Crippen LogP contribution in [0.2, 0.25) is 0 Å².